The fraction of sp³-hybridized carbons (Fsp3) is 0.579. The van der Waals surface area contributed by atoms with Crippen LogP contribution >= 0.6 is 11.8 Å². The summed E-state index contributed by atoms with van der Waals surface area (Å²) in [4.78, 5) is 128. The van der Waals surface area contributed by atoms with Crippen LogP contribution in [0.2, 0.25) is 0 Å². The summed E-state index contributed by atoms with van der Waals surface area (Å²) in [6.07, 6.45) is 7.78. The highest BCUT2D eigenvalue weighted by Gasteiger charge is 2.46. The Morgan fingerprint density at radius 1 is 0.596 bits per heavy atom. The molecule has 3 aromatic rings. The first kappa shape index (κ1) is 85.8. The van der Waals surface area contributed by atoms with Gasteiger partial charge in [0.15, 0.2) is 29.2 Å². The summed E-state index contributed by atoms with van der Waals surface area (Å²) in [6.45, 7) is 15.0. The average Bonchev–Trinajstić information content (AvgIpc) is 1.61. The molecule has 5 N–H and O–H groups in total. The Hall–Kier alpha value is -8.77. The van der Waals surface area contributed by atoms with E-state index in [1.54, 1.807) is 73.8 Å². The Morgan fingerprint density at radius 3 is 1.71 bits per heavy atom. The predicted molar refractivity (Wildman–Crippen MR) is 401 cm³/mol. The van der Waals surface area contributed by atoms with Crippen LogP contribution in [0.15, 0.2) is 77.1 Å². The number of aliphatic hydroxyl groups is 1. The quantitative estimate of drug-likeness (QED) is 0.0326. The molecule has 0 saturated carbocycles. The number of thioether (sulfide) groups is 1. The molecule has 6 atom stereocenters. The SMILES string of the molecule is COc1cc2c(cc1OCCCCCOc1cc3c(cc1OC)C(=O)N1C=C(C)C[C@H]1[C@H](O)N3C(=O)OCc1ccc(NC(=O)[C@H](C)NC(=O)[C@@H](NC(=O)CCOCCOCCOCCOCCOCCOCCOCCOCCNC(=O)CCN3C(=O)CC(SC)C3=O)C(C)C)cc1)N=C[C@@H]1CC(C)=CN1C2=O. The minimum Gasteiger partial charge on any atom is -0.493 e. The molecular formula is C76H105N9O23S. The van der Waals surface area contributed by atoms with Gasteiger partial charge in [0.2, 0.25) is 35.4 Å². The molecule has 0 aliphatic carbocycles. The van der Waals surface area contributed by atoms with Crippen LogP contribution in [0, 0.1) is 5.92 Å². The first-order valence-electron chi connectivity index (χ1n) is 36.8. The van der Waals surface area contributed by atoms with E-state index in [0.717, 1.165) is 27.4 Å². The molecule has 0 radical (unpaired) electrons. The maximum atomic E-state index is 14.3. The first-order valence-corrected chi connectivity index (χ1v) is 38.1. The lowest BCUT2D eigenvalue weighted by Crippen LogP contribution is -2.53. The molecule has 598 valence electrons. The molecule has 0 aromatic heterocycles. The molecule has 8 rings (SSSR count). The summed E-state index contributed by atoms with van der Waals surface area (Å²) in [7, 11) is 2.96. The van der Waals surface area contributed by atoms with Crippen LogP contribution in [0.25, 0.3) is 0 Å². The van der Waals surface area contributed by atoms with Gasteiger partial charge in [-0.2, -0.15) is 11.8 Å². The lowest BCUT2D eigenvalue weighted by atomic mass is 10.0. The van der Waals surface area contributed by atoms with Crippen LogP contribution in [0.1, 0.15) is 112 Å². The summed E-state index contributed by atoms with van der Waals surface area (Å²) in [5, 5.41) is 22.5. The summed E-state index contributed by atoms with van der Waals surface area (Å²) in [5.41, 5.74) is 3.92. The van der Waals surface area contributed by atoms with Crippen LogP contribution in [0.5, 0.6) is 23.0 Å². The number of carbonyl (C=O) groups is 9. The fourth-order valence-electron chi connectivity index (χ4n) is 12.2. The Bertz CT molecular complexity index is 3650. The lowest BCUT2D eigenvalue weighted by Gasteiger charge is -2.31. The largest absolute Gasteiger partial charge is 0.493 e. The number of nitrogens with one attached hydrogen (secondary N) is 4. The maximum absolute atomic E-state index is 14.3. The smallest absolute Gasteiger partial charge is 0.416 e. The van der Waals surface area contributed by atoms with Crippen LogP contribution < -0.4 is 45.1 Å². The van der Waals surface area contributed by atoms with E-state index < -0.39 is 54.1 Å². The molecule has 5 heterocycles. The number of nitrogens with zero attached hydrogens (tertiary/aromatic N) is 5. The number of anilines is 2. The standard InChI is InChI=1S/C76H105N9O23S/c1-49(2)69(81-67(87)17-22-98-24-26-100-28-30-102-32-34-104-36-37-105-35-33-103-31-29-101-27-25-99-23-18-77-66(86)16-19-82-68(88)44-65(109-8)75(82)94)71(90)79-52(5)70(89)80-54-14-12-53(13-15-54)48-108-76(95)85-59-43-64(62(97-7)41-57(59)73(92)84-47-51(4)39-60(84)74(85)93)107-21-11-9-10-20-106-63-42-58-56(40-61(63)96-6)72(91)83-46-50(3)38-55(83)45-78-58/h12-15,40-43,45-47,49,52,55,60,65,69,74,93H,9-11,16-39,44,48H2,1-8H3,(H,77,86)(H,79,90)(H,80,89)(H,81,87)/t52-,55-,60-,65?,69-,74-/m0/s1. The van der Waals surface area contributed by atoms with Gasteiger partial charge < -0.3 is 97.8 Å². The zero-order valence-electron chi connectivity index (χ0n) is 63.5. The number of carbonyl (C=O) groups excluding carboxylic acids is 9. The van der Waals surface area contributed by atoms with E-state index in [0.29, 0.717) is 159 Å². The van der Waals surface area contributed by atoms with Gasteiger partial charge in [-0.25, -0.2) is 9.69 Å². The van der Waals surface area contributed by atoms with E-state index in [1.165, 1.54) is 49.9 Å². The summed E-state index contributed by atoms with van der Waals surface area (Å²) < 4.78 is 73.7. The van der Waals surface area contributed by atoms with Crippen molar-refractivity contribution in [3.05, 3.63) is 88.8 Å². The number of unbranched alkanes of at least 4 members (excludes halogenated alkanes) is 2. The molecule has 33 heteroatoms. The number of likely N-dealkylation sites (tertiary alicyclic amines) is 1. The van der Waals surface area contributed by atoms with Gasteiger partial charge >= 0.3 is 6.09 Å². The predicted octanol–water partition coefficient (Wildman–Crippen LogP) is 5.86. The molecule has 0 bridgehead atoms. The van der Waals surface area contributed by atoms with Gasteiger partial charge in [-0.3, -0.25) is 48.2 Å². The molecule has 5 aliphatic heterocycles. The van der Waals surface area contributed by atoms with Crippen LogP contribution in [-0.2, 0) is 78.0 Å². The minimum atomic E-state index is -1.53. The van der Waals surface area contributed by atoms with Crippen molar-refractivity contribution in [2.75, 3.05) is 163 Å². The Kier molecular flexibility index (Phi) is 35.3. The van der Waals surface area contributed by atoms with Gasteiger partial charge in [-0.15, -0.1) is 0 Å². The summed E-state index contributed by atoms with van der Waals surface area (Å²) in [5.74, 6) is -1.79. The first-order chi connectivity index (χ1) is 52.7. The number of rotatable bonds is 49. The monoisotopic (exact) mass is 1540 g/mol. The number of fused-ring (bicyclic) bond motifs is 4. The molecule has 1 unspecified atom stereocenters. The van der Waals surface area contributed by atoms with Gasteiger partial charge in [0.05, 0.1) is 173 Å². The second-order valence-corrected chi connectivity index (χ2v) is 27.6. The Labute approximate surface area is 639 Å². The van der Waals surface area contributed by atoms with Crippen molar-refractivity contribution in [3.63, 3.8) is 0 Å². The van der Waals surface area contributed by atoms with E-state index in [-0.39, 0.29) is 122 Å². The van der Waals surface area contributed by atoms with Crippen LogP contribution in [0.3, 0.4) is 0 Å². The van der Waals surface area contributed by atoms with Gasteiger partial charge in [-0.05, 0) is 94.9 Å². The molecule has 9 amide bonds. The van der Waals surface area contributed by atoms with Gasteiger partial charge in [-0.1, -0.05) is 37.1 Å². The second-order valence-electron chi connectivity index (χ2n) is 26.6. The van der Waals surface area contributed by atoms with Crippen molar-refractivity contribution in [1.29, 1.82) is 0 Å². The lowest BCUT2D eigenvalue weighted by molar-refractivity contribution is -0.138. The highest BCUT2D eigenvalue weighted by molar-refractivity contribution is 8.00. The van der Waals surface area contributed by atoms with E-state index >= 15 is 0 Å². The number of aliphatic imine (C=N–C) groups is 1. The van der Waals surface area contributed by atoms with E-state index in [4.69, 9.17) is 61.6 Å². The summed E-state index contributed by atoms with van der Waals surface area (Å²) >= 11 is 1.34. The zero-order chi connectivity index (χ0) is 78.2. The molecule has 109 heavy (non-hydrogen) atoms. The fourth-order valence-corrected chi connectivity index (χ4v) is 12.8. The number of methoxy groups -OCH3 is 2. The Balaban J connectivity index is 0.642. The van der Waals surface area contributed by atoms with Gasteiger partial charge in [0.1, 0.15) is 18.7 Å². The normalized spacial score (nSPS) is 17.7. The van der Waals surface area contributed by atoms with E-state index in [1.807, 2.05) is 20.0 Å². The molecular weight excluding hydrogens is 1440 g/mol. The van der Waals surface area contributed by atoms with Gasteiger partial charge in [0, 0.05) is 68.8 Å². The highest BCUT2D eigenvalue weighted by atomic mass is 32.2. The van der Waals surface area contributed by atoms with Crippen molar-refractivity contribution >= 4 is 88.4 Å². The third-order valence-corrected chi connectivity index (χ3v) is 19.0. The molecule has 3 aromatic carbocycles. The molecule has 32 nitrogen and oxygen atoms in total. The van der Waals surface area contributed by atoms with E-state index in [9.17, 15) is 48.3 Å². The van der Waals surface area contributed by atoms with Crippen molar-refractivity contribution in [1.82, 2.24) is 30.7 Å². The van der Waals surface area contributed by atoms with Crippen molar-refractivity contribution in [3.8, 4) is 23.0 Å². The maximum Gasteiger partial charge on any atom is 0.416 e. The van der Waals surface area contributed by atoms with Crippen LogP contribution in [0.4, 0.5) is 21.9 Å². The summed E-state index contributed by atoms with van der Waals surface area (Å²) in [6, 6.07) is 9.93. The Morgan fingerprint density at radius 2 is 1.14 bits per heavy atom. The highest BCUT2D eigenvalue weighted by Crippen LogP contribution is 2.43. The zero-order valence-corrected chi connectivity index (χ0v) is 64.3. The molecule has 0 spiro atoms. The van der Waals surface area contributed by atoms with Crippen molar-refractivity contribution in [2.45, 2.75) is 128 Å². The molecule has 1 saturated heterocycles. The second kappa shape index (κ2) is 44.8. The third-order valence-electron chi connectivity index (χ3n) is 18.0. The minimum absolute atomic E-state index is 0.0144. The molecule has 5 aliphatic rings. The van der Waals surface area contributed by atoms with Crippen molar-refractivity contribution in [2.24, 2.45) is 10.9 Å². The number of hydrogen-bond acceptors (Lipinski definition) is 25. The number of benzene rings is 3. The van der Waals surface area contributed by atoms with Crippen molar-refractivity contribution < 1.29 is 110 Å². The van der Waals surface area contributed by atoms with E-state index in [2.05, 4.69) is 26.3 Å². The number of ether oxygens (including phenoxy) is 13. The third kappa shape index (κ3) is 25.9. The molecule has 1 fully saturated rings. The van der Waals surface area contributed by atoms with Crippen LogP contribution in [-0.4, -0.2) is 268 Å². The topological polar surface area (TPSA) is 367 Å². The average molecular weight is 1540 g/mol. The number of imide groups is 1. The van der Waals surface area contributed by atoms with Gasteiger partial charge in [0.25, 0.3) is 11.8 Å². The number of hydrogen-bond donors (Lipinski definition) is 5. The number of aliphatic hydroxyl groups excluding tert-OH is 1. The number of amides is 9.